The van der Waals surface area contributed by atoms with Gasteiger partial charge in [-0.2, -0.15) is 0 Å². The first-order valence-corrected chi connectivity index (χ1v) is 8.94. The van der Waals surface area contributed by atoms with Crippen molar-refractivity contribution in [2.75, 3.05) is 22.9 Å². The van der Waals surface area contributed by atoms with Gasteiger partial charge in [0.15, 0.2) is 0 Å². The first kappa shape index (κ1) is 15.7. The number of aromatic nitrogens is 2. The summed E-state index contributed by atoms with van der Waals surface area (Å²) < 4.78 is 0. The van der Waals surface area contributed by atoms with E-state index in [-0.39, 0.29) is 10.6 Å². The van der Waals surface area contributed by atoms with E-state index in [9.17, 15) is 10.1 Å². The Morgan fingerprint density at radius 2 is 1.30 bits per heavy atom. The van der Waals surface area contributed by atoms with Crippen molar-refractivity contribution in [2.45, 2.75) is 12.8 Å². The van der Waals surface area contributed by atoms with Crippen LogP contribution in [0.1, 0.15) is 11.1 Å². The number of para-hydroxylation sites is 2. The zero-order valence-corrected chi connectivity index (χ0v) is 14.6. The summed E-state index contributed by atoms with van der Waals surface area (Å²) in [6.07, 6.45) is 3.12. The first-order chi connectivity index (χ1) is 13.2. The van der Waals surface area contributed by atoms with Crippen LogP contribution >= 0.6 is 0 Å². The molecule has 3 aromatic rings. The molecular formula is C20H17N5O2. The molecule has 2 aliphatic heterocycles. The SMILES string of the molecule is O=[N+]([O-])c1c(N2CCc3ccccc32)ncnc1N1CCc2ccccc21. The fourth-order valence-corrected chi connectivity index (χ4v) is 4.04. The largest absolute Gasteiger partial charge is 0.354 e. The number of hydrogen-bond acceptors (Lipinski definition) is 6. The quantitative estimate of drug-likeness (QED) is 0.523. The Bertz CT molecular complexity index is 978. The first-order valence-electron chi connectivity index (χ1n) is 8.94. The standard InChI is InChI=1S/C20H17N5O2/c26-25(27)18-19(23-11-9-14-5-1-3-7-16(14)23)21-13-22-20(18)24-12-10-15-6-2-4-8-17(15)24/h1-8,13H,9-12H2. The molecule has 5 rings (SSSR count). The molecule has 2 aliphatic rings. The molecule has 2 aromatic carbocycles. The van der Waals surface area contributed by atoms with E-state index in [4.69, 9.17) is 0 Å². The molecule has 0 amide bonds. The summed E-state index contributed by atoms with van der Waals surface area (Å²) in [6, 6.07) is 16.0. The average Bonchev–Trinajstić information content (AvgIpc) is 3.31. The summed E-state index contributed by atoms with van der Waals surface area (Å²) in [5.74, 6) is 0.721. The predicted molar refractivity (Wildman–Crippen MR) is 103 cm³/mol. The summed E-state index contributed by atoms with van der Waals surface area (Å²) in [4.78, 5) is 24.2. The van der Waals surface area contributed by atoms with E-state index in [0.717, 1.165) is 24.2 Å². The molecule has 0 spiro atoms. The van der Waals surface area contributed by atoms with Gasteiger partial charge >= 0.3 is 5.69 Å². The summed E-state index contributed by atoms with van der Waals surface area (Å²) >= 11 is 0. The summed E-state index contributed by atoms with van der Waals surface area (Å²) in [7, 11) is 0. The Balaban J connectivity index is 1.66. The molecule has 0 saturated carbocycles. The monoisotopic (exact) mass is 359 g/mol. The van der Waals surface area contributed by atoms with Gasteiger partial charge in [0, 0.05) is 24.5 Å². The number of nitrogens with zero attached hydrogens (tertiary/aromatic N) is 5. The van der Waals surface area contributed by atoms with Crippen LogP contribution in [-0.2, 0) is 12.8 Å². The second-order valence-corrected chi connectivity index (χ2v) is 6.69. The molecule has 1 aromatic heterocycles. The molecule has 3 heterocycles. The number of nitro groups is 1. The predicted octanol–water partition coefficient (Wildman–Crippen LogP) is 3.77. The maximum atomic E-state index is 12.1. The van der Waals surface area contributed by atoms with Crippen LogP contribution in [0.15, 0.2) is 54.9 Å². The van der Waals surface area contributed by atoms with Gasteiger partial charge in [-0.3, -0.25) is 10.1 Å². The lowest BCUT2D eigenvalue weighted by atomic mass is 10.2. The van der Waals surface area contributed by atoms with E-state index in [0.29, 0.717) is 24.7 Å². The van der Waals surface area contributed by atoms with Crippen molar-refractivity contribution in [3.8, 4) is 0 Å². The van der Waals surface area contributed by atoms with Gasteiger partial charge in [0.2, 0.25) is 11.6 Å². The van der Waals surface area contributed by atoms with E-state index in [1.807, 2.05) is 46.2 Å². The highest BCUT2D eigenvalue weighted by Gasteiger charge is 2.35. The minimum atomic E-state index is -0.355. The molecule has 0 bridgehead atoms. The van der Waals surface area contributed by atoms with Crippen LogP contribution in [-0.4, -0.2) is 28.0 Å². The van der Waals surface area contributed by atoms with Gasteiger partial charge in [0.25, 0.3) is 0 Å². The molecule has 0 aliphatic carbocycles. The Hall–Kier alpha value is -3.48. The van der Waals surface area contributed by atoms with E-state index in [1.54, 1.807) is 0 Å². The number of anilines is 4. The fraction of sp³-hybridized carbons (Fsp3) is 0.200. The van der Waals surface area contributed by atoms with Gasteiger partial charge in [0.1, 0.15) is 6.33 Å². The topological polar surface area (TPSA) is 75.4 Å². The molecule has 0 N–H and O–H groups in total. The van der Waals surface area contributed by atoms with Gasteiger partial charge in [-0.25, -0.2) is 9.97 Å². The van der Waals surface area contributed by atoms with E-state index < -0.39 is 0 Å². The fourth-order valence-electron chi connectivity index (χ4n) is 4.04. The van der Waals surface area contributed by atoms with Crippen molar-refractivity contribution in [3.05, 3.63) is 76.1 Å². The zero-order chi connectivity index (χ0) is 18.4. The zero-order valence-electron chi connectivity index (χ0n) is 14.6. The molecule has 7 heteroatoms. The highest BCUT2D eigenvalue weighted by molar-refractivity contribution is 5.82. The van der Waals surface area contributed by atoms with Crippen LogP contribution < -0.4 is 9.80 Å². The normalized spacial score (nSPS) is 15.0. The Labute approximate surface area is 156 Å². The summed E-state index contributed by atoms with van der Waals surface area (Å²) in [6.45, 7) is 1.35. The van der Waals surface area contributed by atoms with Crippen molar-refractivity contribution in [1.29, 1.82) is 0 Å². The summed E-state index contributed by atoms with van der Waals surface area (Å²) in [5.41, 5.74) is 4.28. The second kappa shape index (κ2) is 6.05. The van der Waals surface area contributed by atoms with Gasteiger partial charge in [-0.15, -0.1) is 0 Å². The van der Waals surface area contributed by atoms with Crippen LogP contribution in [0.25, 0.3) is 0 Å². The number of hydrogen-bond donors (Lipinski definition) is 0. The molecule has 0 radical (unpaired) electrons. The van der Waals surface area contributed by atoms with E-state index in [2.05, 4.69) is 22.1 Å². The van der Waals surface area contributed by atoms with Crippen LogP contribution in [0, 0.1) is 10.1 Å². The third kappa shape index (κ3) is 2.43. The highest BCUT2D eigenvalue weighted by Crippen LogP contribution is 2.44. The molecule has 27 heavy (non-hydrogen) atoms. The van der Waals surface area contributed by atoms with Crippen molar-refractivity contribution in [3.63, 3.8) is 0 Å². The Kier molecular flexibility index (Phi) is 3.53. The maximum Gasteiger partial charge on any atom is 0.354 e. The van der Waals surface area contributed by atoms with Gasteiger partial charge in [0.05, 0.1) is 4.92 Å². The maximum absolute atomic E-state index is 12.1. The van der Waals surface area contributed by atoms with Crippen LogP contribution in [0.2, 0.25) is 0 Å². The lowest BCUT2D eigenvalue weighted by Crippen LogP contribution is -2.21. The highest BCUT2D eigenvalue weighted by atomic mass is 16.6. The molecule has 7 nitrogen and oxygen atoms in total. The number of fused-ring (bicyclic) bond motifs is 2. The molecule has 0 atom stereocenters. The van der Waals surface area contributed by atoms with Gasteiger partial charge in [-0.1, -0.05) is 36.4 Å². The Morgan fingerprint density at radius 3 is 1.78 bits per heavy atom. The molecule has 134 valence electrons. The van der Waals surface area contributed by atoms with Gasteiger partial charge < -0.3 is 9.80 Å². The minimum Gasteiger partial charge on any atom is -0.320 e. The number of benzene rings is 2. The van der Waals surface area contributed by atoms with Crippen LogP contribution in [0.5, 0.6) is 0 Å². The summed E-state index contributed by atoms with van der Waals surface area (Å²) in [5, 5.41) is 12.1. The lowest BCUT2D eigenvalue weighted by Gasteiger charge is -2.22. The Morgan fingerprint density at radius 1 is 0.815 bits per heavy atom. The van der Waals surface area contributed by atoms with Crippen molar-refractivity contribution in [1.82, 2.24) is 9.97 Å². The van der Waals surface area contributed by atoms with Crippen molar-refractivity contribution < 1.29 is 4.92 Å². The average molecular weight is 359 g/mol. The third-order valence-corrected chi connectivity index (χ3v) is 5.25. The lowest BCUT2D eigenvalue weighted by molar-refractivity contribution is -0.383. The van der Waals surface area contributed by atoms with Crippen molar-refractivity contribution >= 4 is 28.7 Å². The molecular weight excluding hydrogens is 342 g/mol. The van der Waals surface area contributed by atoms with Crippen LogP contribution in [0.3, 0.4) is 0 Å². The van der Waals surface area contributed by atoms with Crippen LogP contribution in [0.4, 0.5) is 28.7 Å². The van der Waals surface area contributed by atoms with Gasteiger partial charge in [-0.05, 0) is 36.1 Å². The van der Waals surface area contributed by atoms with E-state index >= 15 is 0 Å². The minimum absolute atomic E-state index is 0.0362. The van der Waals surface area contributed by atoms with Crippen molar-refractivity contribution in [2.24, 2.45) is 0 Å². The molecule has 0 saturated heterocycles. The third-order valence-electron chi connectivity index (χ3n) is 5.25. The molecule has 0 unspecified atom stereocenters. The smallest absolute Gasteiger partial charge is 0.320 e. The number of rotatable bonds is 3. The van der Waals surface area contributed by atoms with E-state index in [1.165, 1.54) is 17.5 Å². The molecule has 0 fully saturated rings. The second-order valence-electron chi connectivity index (χ2n) is 6.69.